The average molecular weight is 302 g/mol. The summed E-state index contributed by atoms with van der Waals surface area (Å²) in [5.41, 5.74) is 3.91. The molecule has 0 saturated carbocycles. The molecule has 4 nitrogen and oxygen atoms in total. The van der Waals surface area contributed by atoms with Crippen LogP contribution < -0.4 is 5.32 Å². The molecule has 0 aromatic heterocycles. The van der Waals surface area contributed by atoms with E-state index in [0.29, 0.717) is 18.9 Å². The first-order valence-corrected chi connectivity index (χ1v) is 8.03. The third-order valence-corrected chi connectivity index (χ3v) is 4.24. The van der Waals surface area contributed by atoms with Crippen LogP contribution in [0.2, 0.25) is 0 Å². The molecule has 0 aliphatic carbocycles. The van der Waals surface area contributed by atoms with E-state index in [-0.39, 0.29) is 17.9 Å². The first-order chi connectivity index (χ1) is 10.4. The summed E-state index contributed by atoms with van der Waals surface area (Å²) in [4.78, 5) is 25.5. The summed E-state index contributed by atoms with van der Waals surface area (Å²) in [7, 11) is 0. The second-order valence-corrected chi connectivity index (χ2v) is 6.46. The van der Waals surface area contributed by atoms with Crippen molar-refractivity contribution >= 4 is 11.8 Å². The smallest absolute Gasteiger partial charge is 0.224 e. The van der Waals surface area contributed by atoms with Gasteiger partial charge >= 0.3 is 0 Å². The van der Waals surface area contributed by atoms with E-state index >= 15 is 0 Å². The third kappa shape index (κ3) is 3.67. The Balaban J connectivity index is 2.16. The molecule has 1 aromatic rings. The number of benzene rings is 1. The zero-order valence-electron chi connectivity index (χ0n) is 14.0. The highest BCUT2D eigenvalue weighted by atomic mass is 16.2. The number of amides is 2. The number of nitrogens with one attached hydrogen (secondary N) is 1. The molecule has 2 rings (SSSR count). The predicted molar refractivity (Wildman–Crippen MR) is 87.5 cm³/mol. The molecule has 0 fully saturated rings. The summed E-state index contributed by atoms with van der Waals surface area (Å²) >= 11 is 0. The van der Waals surface area contributed by atoms with Crippen molar-refractivity contribution in [3.8, 4) is 0 Å². The van der Waals surface area contributed by atoms with Crippen molar-refractivity contribution in [3.63, 3.8) is 0 Å². The van der Waals surface area contributed by atoms with Gasteiger partial charge in [-0.3, -0.25) is 9.59 Å². The van der Waals surface area contributed by atoms with Gasteiger partial charge in [-0.2, -0.15) is 0 Å². The first kappa shape index (κ1) is 16.5. The Morgan fingerprint density at radius 1 is 1.36 bits per heavy atom. The zero-order valence-corrected chi connectivity index (χ0v) is 14.0. The molecule has 1 N–H and O–H groups in total. The average Bonchev–Trinajstić information content (AvgIpc) is 2.45. The summed E-state index contributed by atoms with van der Waals surface area (Å²) in [6.07, 6.45) is 1.27. The molecule has 1 atom stereocenters. The standard InChI is InChI=1S/C18H26N2O2/c1-12(2)18-16-6-5-13(3)11-15(16)8-10-20(18)17(22)7-9-19-14(4)21/h5-6,11-12,18H,7-10H2,1-4H3,(H,19,21). The molecule has 1 aromatic carbocycles. The molecule has 22 heavy (non-hydrogen) atoms. The Kier molecular flexibility index (Phi) is 5.22. The van der Waals surface area contributed by atoms with Gasteiger partial charge < -0.3 is 10.2 Å². The molecule has 0 saturated heterocycles. The van der Waals surface area contributed by atoms with Crippen molar-refractivity contribution in [1.82, 2.24) is 10.2 Å². The van der Waals surface area contributed by atoms with Crippen LogP contribution in [0.4, 0.5) is 0 Å². The van der Waals surface area contributed by atoms with Crippen LogP contribution in [0.3, 0.4) is 0 Å². The SMILES string of the molecule is CC(=O)NCCC(=O)N1CCc2cc(C)ccc2C1C(C)C. The van der Waals surface area contributed by atoms with Crippen molar-refractivity contribution in [3.05, 3.63) is 34.9 Å². The fourth-order valence-electron chi connectivity index (χ4n) is 3.28. The maximum atomic E-state index is 12.5. The Morgan fingerprint density at radius 3 is 2.73 bits per heavy atom. The highest BCUT2D eigenvalue weighted by Crippen LogP contribution is 2.35. The monoisotopic (exact) mass is 302 g/mol. The van der Waals surface area contributed by atoms with E-state index in [0.717, 1.165) is 13.0 Å². The van der Waals surface area contributed by atoms with Gasteiger partial charge in [0.05, 0.1) is 6.04 Å². The Hall–Kier alpha value is -1.84. The predicted octanol–water partition coefficient (Wildman–Crippen LogP) is 2.60. The van der Waals surface area contributed by atoms with Gasteiger partial charge in [0.25, 0.3) is 0 Å². The van der Waals surface area contributed by atoms with Crippen molar-refractivity contribution in [1.29, 1.82) is 0 Å². The van der Waals surface area contributed by atoms with Gasteiger partial charge in [-0.25, -0.2) is 0 Å². The van der Waals surface area contributed by atoms with Gasteiger partial charge in [-0.1, -0.05) is 37.6 Å². The summed E-state index contributed by atoms with van der Waals surface area (Å²) in [6, 6.07) is 6.67. The van der Waals surface area contributed by atoms with Gasteiger partial charge in [0.2, 0.25) is 11.8 Å². The second-order valence-electron chi connectivity index (χ2n) is 6.46. The lowest BCUT2D eigenvalue weighted by molar-refractivity contribution is -0.135. The van der Waals surface area contributed by atoms with Crippen LogP contribution in [0.15, 0.2) is 18.2 Å². The lowest BCUT2D eigenvalue weighted by Gasteiger charge is -2.40. The van der Waals surface area contributed by atoms with Crippen LogP contribution in [0.1, 0.15) is 49.9 Å². The number of carbonyl (C=O) groups excluding carboxylic acids is 2. The molecule has 2 amide bonds. The molecule has 0 spiro atoms. The minimum absolute atomic E-state index is 0.0901. The van der Waals surface area contributed by atoms with Gasteiger partial charge in [-0.15, -0.1) is 0 Å². The molecule has 0 bridgehead atoms. The first-order valence-electron chi connectivity index (χ1n) is 8.03. The van der Waals surface area contributed by atoms with Crippen LogP contribution in [0.25, 0.3) is 0 Å². The van der Waals surface area contributed by atoms with Gasteiger partial charge in [0.15, 0.2) is 0 Å². The molecule has 0 radical (unpaired) electrons. The van der Waals surface area contributed by atoms with E-state index in [9.17, 15) is 9.59 Å². The van der Waals surface area contributed by atoms with E-state index in [4.69, 9.17) is 0 Å². The number of rotatable bonds is 4. The fourth-order valence-corrected chi connectivity index (χ4v) is 3.28. The molecule has 4 heteroatoms. The number of hydrogen-bond donors (Lipinski definition) is 1. The van der Waals surface area contributed by atoms with Crippen LogP contribution in [-0.4, -0.2) is 29.8 Å². The molecule has 120 valence electrons. The number of nitrogens with zero attached hydrogens (tertiary/aromatic N) is 1. The largest absolute Gasteiger partial charge is 0.356 e. The van der Waals surface area contributed by atoms with Gasteiger partial charge in [0.1, 0.15) is 0 Å². The van der Waals surface area contributed by atoms with E-state index in [2.05, 4.69) is 44.3 Å². The Bertz CT molecular complexity index is 566. The normalized spacial score (nSPS) is 17.3. The third-order valence-electron chi connectivity index (χ3n) is 4.24. The van der Waals surface area contributed by atoms with Crippen LogP contribution in [-0.2, 0) is 16.0 Å². The van der Waals surface area contributed by atoms with Crippen LogP contribution >= 0.6 is 0 Å². The molecule has 1 aliphatic heterocycles. The van der Waals surface area contributed by atoms with Crippen molar-refractivity contribution in [2.75, 3.05) is 13.1 Å². The second kappa shape index (κ2) is 6.95. The highest BCUT2D eigenvalue weighted by molar-refractivity contribution is 5.79. The van der Waals surface area contributed by atoms with Crippen molar-refractivity contribution in [2.45, 2.75) is 46.6 Å². The minimum Gasteiger partial charge on any atom is -0.356 e. The number of aryl methyl sites for hydroxylation is 1. The maximum Gasteiger partial charge on any atom is 0.224 e. The van der Waals surface area contributed by atoms with Crippen molar-refractivity contribution in [2.24, 2.45) is 5.92 Å². The zero-order chi connectivity index (χ0) is 16.3. The number of hydrogen-bond acceptors (Lipinski definition) is 2. The van der Waals surface area contributed by atoms with Gasteiger partial charge in [0, 0.05) is 26.4 Å². The summed E-state index contributed by atoms with van der Waals surface area (Å²) in [5.74, 6) is 0.401. The number of carbonyl (C=O) groups is 2. The lowest BCUT2D eigenvalue weighted by atomic mass is 9.85. The van der Waals surface area contributed by atoms with Crippen LogP contribution in [0.5, 0.6) is 0 Å². The number of fused-ring (bicyclic) bond motifs is 1. The van der Waals surface area contributed by atoms with Crippen LogP contribution in [0, 0.1) is 12.8 Å². The van der Waals surface area contributed by atoms with Gasteiger partial charge in [-0.05, 0) is 30.4 Å². The van der Waals surface area contributed by atoms with Crippen molar-refractivity contribution < 1.29 is 9.59 Å². The summed E-state index contributed by atoms with van der Waals surface area (Å²) in [6.45, 7) is 9.08. The molecule has 1 aliphatic rings. The summed E-state index contributed by atoms with van der Waals surface area (Å²) < 4.78 is 0. The topological polar surface area (TPSA) is 49.4 Å². The maximum absolute atomic E-state index is 12.5. The van der Waals surface area contributed by atoms with E-state index in [1.54, 1.807) is 0 Å². The highest BCUT2D eigenvalue weighted by Gasteiger charge is 2.32. The minimum atomic E-state index is -0.0901. The van der Waals surface area contributed by atoms with E-state index in [1.807, 2.05) is 4.90 Å². The molecule has 1 unspecified atom stereocenters. The quantitative estimate of drug-likeness (QED) is 0.929. The molecular weight excluding hydrogens is 276 g/mol. The molecule has 1 heterocycles. The van der Waals surface area contributed by atoms with E-state index < -0.39 is 0 Å². The Labute approximate surface area is 132 Å². The fraction of sp³-hybridized carbons (Fsp3) is 0.556. The molecular formula is C18H26N2O2. The Morgan fingerprint density at radius 2 is 2.09 bits per heavy atom. The summed E-state index contributed by atoms with van der Waals surface area (Å²) in [5, 5.41) is 2.70. The lowest BCUT2D eigenvalue weighted by Crippen LogP contribution is -2.43. The van der Waals surface area contributed by atoms with E-state index in [1.165, 1.54) is 23.6 Å².